The van der Waals surface area contributed by atoms with Gasteiger partial charge in [-0.05, 0) is 50.0 Å². The largest absolute Gasteiger partial charge is 0.495 e. The fourth-order valence-electron chi connectivity index (χ4n) is 3.48. The van der Waals surface area contributed by atoms with E-state index in [1.165, 1.54) is 0 Å². The van der Waals surface area contributed by atoms with Crippen molar-refractivity contribution >= 4 is 29.1 Å². The van der Waals surface area contributed by atoms with Crippen LogP contribution in [0.2, 0.25) is 5.02 Å². The summed E-state index contributed by atoms with van der Waals surface area (Å²) >= 11 is 6.06. The standard InChI is InChI=1S/C18H24ClN3O3/c1-25-16-5-4-14(19)8-15(16)22-11-13(7-17(22)23)18(24)21-10-12-3-2-6-20-9-12/h4-5,8,12-13,20H,2-3,6-7,9-11H2,1H3,(H,21,24). The average molecular weight is 366 g/mol. The van der Waals surface area contributed by atoms with Crippen LogP contribution in [-0.2, 0) is 9.59 Å². The highest BCUT2D eigenvalue weighted by molar-refractivity contribution is 6.31. The number of ether oxygens (including phenoxy) is 1. The molecule has 2 saturated heterocycles. The van der Waals surface area contributed by atoms with Gasteiger partial charge >= 0.3 is 0 Å². The van der Waals surface area contributed by atoms with Crippen LogP contribution >= 0.6 is 11.6 Å². The van der Waals surface area contributed by atoms with E-state index in [9.17, 15) is 9.59 Å². The number of carbonyl (C=O) groups excluding carboxylic acids is 2. The van der Waals surface area contributed by atoms with Crippen molar-refractivity contribution in [3.8, 4) is 5.75 Å². The summed E-state index contributed by atoms with van der Waals surface area (Å²) in [7, 11) is 1.55. The Hall–Kier alpha value is -1.79. The van der Waals surface area contributed by atoms with Gasteiger partial charge in [-0.25, -0.2) is 0 Å². The van der Waals surface area contributed by atoms with E-state index in [1.54, 1.807) is 30.2 Å². The predicted octanol–water partition coefficient (Wildman–Crippen LogP) is 1.82. The number of hydrogen-bond donors (Lipinski definition) is 2. The number of amides is 2. The number of carbonyl (C=O) groups is 2. The Labute approximate surface area is 152 Å². The summed E-state index contributed by atoms with van der Waals surface area (Å²) in [4.78, 5) is 26.5. The third-order valence-corrected chi connectivity index (χ3v) is 5.13. The molecule has 2 aliphatic rings. The predicted molar refractivity (Wildman–Crippen MR) is 97.1 cm³/mol. The topological polar surface area (TPSA) is 70.7 Å². The van der Waals surface area contributed by atoms with Crippen molar-refractivity contribution in [3.05, 3.63) is 23.2 Å². The summed E-state index contributed by atoms with van der Waals surface area (Å²) in [5.74, 6) is 0.571. The Bertz CT molecular complexity index is 646. The molecular formula is C18H24ClN3O3. The van der Waals surface area contributed by atoms with E-state index < -0.39 is 0 Å². The van der Waals surface area contributed by atoms with Crippen LogP contribution in [0.4, 0.5) is 5.69 Å². The molecule has 0 spiro atoms. The smallest absolute Gasteiger partial charge is 0.227 e. The van der Waals surface area contributed by atoms with E-state index in [2.05, 4.69) is 10.6 Å². The molecular weight excluding hydrogens is 342 g/mol. The Morgan fingerprint density at radius 3 is 3.04 bits per heavy atom. The zero-order chi connectivity index (χ0) is 17.8. The van der Waals surface area contributed by atoms with Crippen molar-refractivity contribution in [2.75, 3.05) is 38.2 Å². The molecule has 2 amide bonds. The first kappa shape index (κ1) is 18.0. The molecule has 136 valence electrons. The van der Waals surface area contributed by atoms with Crippen molar-refractivity contribution in [1.29, 1.82) is 0 Å². The molecule has 0 bridgehead atoms. The summed E-state index contributed by atoms with van der Waals surface area (Å²) in [5, 5.41) is 6.88. The molecule has 2 heterocycles. The Morgan fingerprint density at radius 1 is 1.48 bits per heavy atom. The molecule has 6 nitrogen and oxygen atoms in total. The minimum absolute atomic E-state index is 0.0533. The minimum Gasteiger partial charge on any atom is -0.495 e. The summed E-state index contributed by atoms with van der Waals surface area (Å²) < 4.78 is 5.32. The number of methoxy groups -OCH3 is 1. The molecule has 7 heteroatoms. The molecule has 2 fully saturated rings. The van der Waals surface area contributed by atoms with Gasteiger partial charge in [-0.15, -0.1) is 0 Å². The number of benzene rings is 1. The second-order valence-corrected chi connectivity index (χ2v) is 7.12. The average Bonchev–Trinajstić information content (AvgIpc) is 3.02. The van der Waals surface area contributed by atoms with Gasteiger partial charge in [0.1, 0.15) is 5.75 Å². The molecule has 2 unspecified atom stereocenters. The van der Waals surface area contributed by atoms with Gasteiger partial charge in [-0.2, -0.15) is 0 Å². The van der Waals surface area contributed by atoms with Gasteiger partial charge in [0.25, 0.3) is 0 Å². The highest BCUT2D eigenvalue weighted by Crippen LogP contribution is 2.35. The Morgan fingerprint density at radius 2 is 2.32 bits per heavy atom. The SMILES string of the molecule is COc1ccc(Cl)cc1N1CC(C(=O)NCC2CCCNC2)CC1=O. The van der Waals surface area contributed by atoms with E-state index >= 15 is 0 Å². The van der Waals surface area contributed by atoms with Crippen LogP contribution in [0.1, 0.15) is 19.3 Å². The van der Waals surface area contributed by atoms with Crippen molar-refractivity contribution in [2.24, 2.45) is 11.8 Å². The van der Waals surface area contributed by atoms with Gasteiger partial charge in [0.15, 0.2) is 0 Å². The van der Waals surface area contributed by atoms with Gasteiger partial charge in [-0.1, -0.05) is 11.6 Å². The quantitative estimate of drug-likeness (QED) is 0.835. The van der Waals surface area contributed by atoms with Crippen LogP contribution in [0, 0.1) is 11.8 Å². The second kappa shape index (κ2) is 8.06. The Balaban J connectivity index is 1.62. The maximum atomic E-state index is 12.5. The molecule has 0 aliphatic carbocycles. The normalized spacial score (nSPS) is 23.6. The van der Waals surface area contributed by atoms with Crippen LogP contribution in [0.3, 0.4) is 0 Å². The lowest BCUT2D eigenvalue weighted by Gasteiger charge is -2.23. The lowest BCUT2D eigenvalue weighted by Crippen LogP contribution is -2.40. The van der Waals surface area contributed by atoms with E-state index in [0.29, 0.717) is 35.5 Å². The molecule has 0 radical (unpaired) electrons. The van der Waals surface area contributed by atoms with Gasteiger partial charge in [0.05, 0.1) is 18.7 Å². The number of anilines is 1. The molecule has 1 aromatic rings. The van der Waals surface area contributed by atoms with Crippen molar-refractivity contribution in [1.82, 2.24) is 10.6 Å². The highest BCUT2D eigenvalue weighted by Gasteiger charge is 2.36. The van der Waals surface area contributed by atoms with Crippen LogP contribution in [0.25, 0.3) is 0 Å². The van der Waals surface area contributed by atoms with Gasteiger partial charge < -0.3 is 20.3 Å². The van der Waals surface area contributed by atoms with E-state index in [1.807, 2.05) is 0 Å². The zero-order valence-electron chi connectivity index (χ0n) is 14.4. The first-order valence-corrected chi connectivity index (χ1v) is 9.08. The second-order valence-electron chi connectivity index (χ2n) is 6.68. The number of nitrogens with zero attached hydrogens (tertiary/aromatic N) is 1. The van der Waals surface area contributed by atoms with Gasteiger partial charge in [-0.3, -0.25) is 9.59 Å². The maximum Gasteiger partial charge on any atom is 0.227 e. The van der Waals surface area contributed by atoms with Crippen molar-refractivity contribution < 1.29 is 14.3 Å². The first-order valence-electron chi connectivity index (χ1n) is 8.71. The van der Waals surface area contributed by atoms with E-state index in [-0.39, 0.29) is 24.2 Å². The number of rotatable bonds is 5. The van der Waals surface area contributed by atoms with E-state index in [4.69, 9.17) is 16.3 Å². The monoisotopic (exact) mass is 365 g/mol. The van der Waals surface area contributed by atoms with Gasteiger partial charge in [0.2, 0.25) is 11.8 Å². The molecule has 0 aromatic heterocycles. The lowest BCUT2D eigenvalue weighted by molar-refractivity contribution is -0.126. The summed E-state index contributed by atoms with van der Waals surface area (Å²) in [6.45, 7) is 3.01. The lowest BCUT2D eigenvalue weighted by atomic mass is 9.99. The molecule has 2 aliphatic heterocycles. The molecule has 25 heavy (non-hydrogen) atoms. The van der Waals surface area contributed by atoms with E-state index in [0.717, 1.165) is 25.9 Å². The maximum absolute atomic E-state index is 12.5. The minimum atomic E-state index is -0.340. The van der Waals surface area contributed by atoms with Crippen LogP contribution in [0.5, 0.6) is 5.75 Å². The zero-order valence-corrected chi connectivity index (χ0v) is 15.1. The number of halogens is 1. The van der Waals surface area contributed by atoms with Crippen LogP contribution in [0.15, 0.2) is 18.2 Å². The fourth-order valence-corrected chi connectivity index (χ4v) is 3.64. The molecule has 1 aromatic carbocycles. The third kappa shape index (κ3) is 4.25. The molecule has 3 rings (SSSR count). The Kier molecular flexibility index (Phi) is 5.81. The van der Waals surface area contributed by atoms with Gasteiger partial charge in [0, 0.05) is 24.5 Å². The number of nitrogens with one attached hydrogen (secondary N) is 2. The summed E-state index contributed by atoms with van der Waals surface area (Å²) in [6, 6.07) is 5.15. The molecule has 2 N–H and O–H groups in total. The summed E-state index contributed by atoms with van der Waals surface area (Å²) in [6.07, 6.45) is 2.48. The van der Waals surface area contributed by atoms with Crippen LogP contribution < -0.4 is 20.3 Å². The summed E-state index contributed by atoms with van der Waals surface area (Å²) in [5.41, 5.74) is 0.617. The molecule has 2 atom stereocenters. The van der Waals surface area contributed by atoms with Crippen LogP contribution in [-0.4, -0.2) is 45.1 Å². The van der Waals surface area contributed by atoms with Crippen molar-refractivity contribution in [3.63, 3.8) is 0 Å². The number of hydrogen-bond acceptors (Lipinski definition) is 4. The highest BCUT2D eigenvalue weighted by atomic mass is 35.5. The van der Waals surface area contributed by atoms with Crippen molar-refractivity contribution in [2.45, 2.75) is 19.3 Å². The molecule has 0 saturated carbocycles. The fraction of sp³-hybridized carbons (Fsp3) is 0.556. The number of piperidine rings is 1. The third-order valence-electron chi connectivity index (χ3n) is 4.89. The first-order chi connectivity index (χ1) is 12.1.